The van der Waals surface area contributed by atoms with Crippen LogP contribution in [0.4, 0.5) is 0 Å². The summed E-state index contributed by atoms with van der Waals surface area (Å²) < 4.78 is 5.29. The fourth-order valence-corrected chi connectivity index (χ4v) is 3.10. The maximum absolute atomic E-state index is 6.54. The Morgan fingerprint density at radius 2 is 1.86 bits per heavy atom. The molecule has 1 fully saturated rings. The smallest absolute Gasteiger partial charge is 0.0589 e. The second kappa shape index (κ2) is 7.39. The molecule has 1 aromatic carbocycles. The van der Waals surface area contributed by atoms with Crippen LogP contribution in [0.5, 0.6) is 0 Å². The Morgan fingerprint density at radius 1 is 1.24 bits per heavy atom. The van der Waals surface area contributed by atoms with Gasteiger partial charge in [0.2, 0.25) is 0 Å². The number of hydrogen-bond acceptors (Lipinski definition) is 3. The van der Waals surface area contributed by atoms with E-state index in [0.717, 1.165) is 19.1 Å². The van der Waals surface area contributed by atoms with Gasteiger partial charge in [-0.1, -0.05) is 29.8 Å². The molecule has 3 atom stereocenters. The molecule has 2 N–H and O–H groups in total. The zero-order valence-corrected chi connectivity index (χ0v) is 13.9. The summed E-state index contributed by atoms with van der Waals surface area (Å²) in [5, 5.41) is 0. The van der Waals surface area contributed by atoms with E-state index in [1.807, 2.05) is 0 Å². The zero-order chi connectivity index (χ0) is 15.4. The third-order valence-electron chi connectivity index (χ3n) is 4.89. The zero-order valence-electron chi connectivity index (χ0n) is 13.9. The normalized spacial score (nSPS) is 19.5. The van der Waals surface area contributed by atoms with E-state index in [1.165, 1.54) is 24.0 Å². The lowest BCUT2D eigenvalue weighted by Gasteiger charge is -2.38. The van der Waals surface area contributed by atoms with Gasteiger partial charge in [-0.3, -0.25) is 4.90 Å². The van der Waals surface area contributed by atoms with Gasteiger partial charge in [0.1, 0.15) is 0 Å². The van der Waals surface area contributed by atoms with Crippen LogP contribution in [0, 0.1) is 12.8 Å². The third kappa shape index (κ3) is 4.29. The number of rotatable bonds is 8. The van der Waals surface area contributed by atoms with Crippen molar-refractivity contribution in [3.63, 3.8) is 0 Å². The molecule has 0 amide bonds. The van der Waals surface area contributed by atoms with Crippen LogP contribution >= 0.6 is 0 Å². The van der Waals surface area contributed by atoms with Gasteiger partial charge in [-0.2, -0.15) is 0 Å². The minimum Gasteiger partial charge on any atom is -0.383 e. The Hall–Kier alpha value is -0.900. The van der Waals surface area contributed by atoms with Crippen molar-refractivity contribution in [2.24, 2.45) is 11.7 Å². The molecule has 118 valence electrons. The van der Waals surface area contributed by atoms with Crippen molar-refractivity contribution in [3.8, 4) is 0 Å². The van der Waals surface area contributed by atoms with E-state index in [2.05, 4.69) is 49.9 Å². The van der Waals surface area contributed by atoms with E-state index in [4.69, 9.17) is 10.5 Å². The second-order valence-corrected chi connectivity index (χ2v) is 6.49. The van der Waals surface area contributed by atoms with Crippen molar-refractivity contribution in [1.82, 2.24) is 4.90 Å². The van der Waals surface area contributed by atoms with E-state index in [1.54, 1.807) is 7.11 Å². The van der Waals surface area contributed by atoms with Gasteiger partial charge in [0, 0.05) is 31.8 Å². The first-order valence-electron chi connectivity index (χ1n) is 8.11. The Labute approximate surface area is 129 Å². The van der Waals surface area contributed by atoms with Crippen molar-refractivity contribution in [2.45, 2.75) is 51.7 Å². The largest absolute Gasteiger partial charge is 0.383 e. The third-order valence-corrected chi connectivity index (χ3v) is 4.89. The Kier molecular flexibility index (Phi) is 5.80. The molecule has 0 heterocycles. The van der Waals surface area contributed by atoms with Crippen LogP contribution in [-0.2, 0) is 4.74 Å². The van der Waals surface area contributed by atoms with Gasteiger partial charge in [0.15, 0.2) is 0 Å². The summed E-state index contributed by atoms with van der Waals surface area (Å²) in [6.07, 6.45) is 2.72. The highest BCUT2D eigenvalue weighted by molar-refractivity contribution is 5.25. The van der Waals surface area contributed by atoms with Gasteiger partial charge in [0.05, 0.1) is 6.61 Å². The first kappa shape index (κ1) is 16.5. The van der Waals surface area contributed by atoms with Crippen LogP contribution in [0.1, 0.15) is 43.9 Å². The van der Waals surface area contributed by atoms with Gasteiger partial charge in [0.25, 0.3) is 0 Å². The highest BCUT2D eigenvalue weighted by atomic mass is 16.5. The highest BCUT2D eigenvalue weighted by Crippen LogP contribution is 2.36. The second-order valence-electron chi connectivity index (χ2n) is 6.49. The summed E-state index contributed by atoms with van der Waals surface area (Å²) in [5.41, 5.74) is 9.04. The van der Waals surface area contributed by atoms with Gasteiger partial charge >= 0.3 is 0 Å². The fraction of sp³-hybridized carbons (Fsp3) is 0.667. The maximum Gasteiger partial charge on any atom is 0.0589 e. The van der Waals surface area contributed by atoms with Crippen molar-refractivity contribution in [3.05, 3.63) is 35.4 Å². The van der Waals surface area contributed by atoms with Crippen LogP contribution in [0.25, 0.3) is 0 Å². The first-order valence-corrected chi connectivity index (χ1v) is 8.11. The molecule has 2 rings (SSSR count). The average molecular weight is 290 g/mol. The number of hydrogen-bond donors (Lipinski definition) is 1. The van der Waals surface area contributed by atoms with E-state index in [-0.39, 0.29) is 6.04 Å². The lowest BCUT2D eigenvalue weighted by atomic mass is 9.97. The van der Waals surface area contributed by atoms with Gasteiger partial charge in [-0.15, -0.1) is 0 Å². The standard InChI is InChI=1S/C18H30N2O/c1-13-5-7-17(8-6-13)18(19)15(3)20(11-12-21-4)14(2)16-9-10-16/h5-8,14-16,18H,9-12,19H2,1-4H3. The summed E-state index contributed by atoms with van der Waals surface area (Å²) in [4.78, 5) is 2.53. The SMILES string of the molecule is COCCN(C(C)C1CC1)C(C)C(N)c1ccc(C)cc1. The molecule has 1 saturated carbocycles. The summed E-state index contributed by atoms with van der Waals surface area (Å²) in [6.45, 7) is 8.42. The van der Waals surface area contributed by atoms with E-state index < -0.39 is 0 Å². The van der Waals surface area contributed by atoms with Crippen LogP contribution in [0.2, 0.25) is 0 Å². The quantitative estimate of drug-likeness (QED) is 0.799. The molecule has 0 spiro atoms. The molecule has 3 unspecified atom stereocenters. The highest BCUT2D eigenvalue weighted by Gasteiger charge is 2.35. The molecule has 1 aliphatic carbocycles. The maximum atomic E-state index is 6.54. The van der Waals surface area contributed by atoms with Crippen LogP contribution in [0.15, 0.2) is 24.3 Å². The Balaban J connectivity index is 2.07. The van der Waals surface area contributed by atoms with Crippen LogP contribution < -0.4 is 5.73 Å². The molecule has 21 heavy (non-hydrogen) atoms. The van der Waals surface area contributed by atoms with Crippen molar-refractivity contribution in [1.29, 1.82) is 0 Å². The van der Waals surface area contributed by atoms with E-state index in [9.17, 15) is 0 Å². The van der Waals surface area contributed by atoms with Gasteiger partial charge < -0.3 is 10.5 Å². The number of nitrogens with two attached hydrogens (primary N) is 1. The number of ether oxygens (including phenoxy) is 1. The van der Waals surface area contributed by atoms with E-state index >= 15 is 0 Å². The molecule has 0 saturated heterocycles. The molecule has 0 bridgehead atoms. The van der Waals surface area contributed by atoms with E-state index in [0.29, 0.717) is 12.1 Å². The lowest BCUT2D eigenvalue weighted by molar-refractivity contribution is 0.0771. The predicted octanol–water partition coefficient (Wildman–Crippen LogP) is 3.13. The Morgan fingerprint density at radius 3 is 2.38 bits per heavy atom. The van der Waals surface area contributed by atoms with Gasteiger partial charge in [-0.05, 0) is 45.1 Å². The minimum absolute atomic E-state index is 0.0451. The number of methoxy groups -OCH3 is 1. The lowest BCUT2D eigenvalue weighted by Crippen LogP contribution is -2.48. The van der Waals surface area contributed by atoms with Crippen molar-refractivity contribution >= 4 is 0 Å². The van der Waals surface area contributed by atoms with Crippen LogP contribution in [-0.4, -0.2) is 37.2 Å². The summed E-state index contributed by atoms with van der Waals surface area (Å²) >= 11 is 0. The molecule has 1 aromatic rings. The molecule has 0 aromatic heterocycles. The molecule has 0 radical (unpaired) electrons. The molecule has 1 aliphatic rings. The topological polar surface area (TPSA) is 38.5 Å². The molecule has 3 nitrogen and oxygen atoms in total. The Bertz CT molecular complexity index is 427. The van der Waals surface area contributed by atoms with Crippen LogP contribution in [0.3, 0.4) is 0 Å². The first-order chi connectivity index (χ1) is 10.0. The predicted molar refractivity (Wildman–Crippen MR) is 88.3 cm³/mol. The number of nitrogens with zero attached hydrogens (tertiary/aromatic N) is 1. The molecule has 3 heteroatoms. The van der Waals surface area contributed by atoms with Crippen molar-refractivity contribution in [2.75, 3.05) is 20.3 Å². The summed E-state index contributed by atoms with van der Waals surface area (Å²) in [5.74, 6) is 0.842. The van der Waals surface area contributed by atoms with Crippen molar-refractivity contribution < 1.29 is 4.74 Å². The number of benzene rings is 1. The average Bonchev–Trinajstić information content (AvgIpc) is 3.32. The number of aryl methyl sites for hydroxylation is 1. The van der Waals surface area contributed by atoms with Gasteiger partial charge in [-0.25, -0.2) is 0 Å². The molecular weight excluding hydrogens is 260 g/mol. The summed E-state index contributed by atoms with van der Waals surface area (Å²) in [6, 6.07) is 9.56. The fourth-order valence-electron chi connectivity index (χ4n) is 3.10. The molecular formula is C18H30N2O. The minimum atomic E-state index is 0.0451. The molecule has 0 aliphatic heterocycles. The monoisotopic (exact) mass is 290 g/mol. The summed E-state index contributed by atoms with van der Waals surface area (Å²) in [7, 11) is 1.77.